The highest BCUT2D eigenvalue weighted by Gasteiger charge is 2.26. The van der Waals surface area contributed by atoms with Crippen LogP contribution in [0.3, 0.4) is 0 Å². The van der Waals surface area contributed by atoms with Crippen molar-refractivity contribution in [2.24, 2.45) is 5.73 Å². The third-order valence-corrected chi connectivity index (χ3v) is 3.34. The smallest absolute Gasteiger partial charge is 0.319 e. The average Bonchev–Trinajstić information content (AvgIpc) is 2.90. The molecule has 3 amide bonds. The van der Waals surface area contributed by atoms with Crippen molar-refractivity contribution in [1.82, 2.24) is 10.2 Å². The van der Waals surface area contributed by atoms with Crippen molar-refractivity contribution in [2.75, 3.05) is 25.0 Å². The van der Waals surface area contributed by atoms with Crippen LogP contribution < -0.4 is 16.4 Å². The summed E-state index contributed by atoms with van der Waals surface area (Å²) in [5.74, 6) is -0.341. The molecule has 0 aromatic heterocycles. The van der Waals surface area contributed by atoms with Gasteiger partial charge < -0.3 is 21.3 Å². The van der Waals surface area contributed by atoms with Gasteiger partial charge in [0.15, 0.2) is 0 Å². The fraction of sp³-hybridized carbons (Fsp3) is 0.429. The van der Waals surface area contributed by atoms with Gasteiger partial charge in [0.2, 0.25) is 5.91 Å². The van der Waals surface area contributed by atoms with Crippen LogP contribution in [-0.2, 0) is 4.79 Å². The molecule has 122 valence electrons. The summed E-state index contributed by atoms with van der Waals surface area (Å²) in [5, 5.41) is 5.43. The Hall–Kier alpha value is -1.86. The molecule has 1 heterocycles. The molecular formula is C14H20ClFN4O2. The lowest BCUT2D eigenvalue weighted by Gasteiger charge is -2.17. The molecule has 1 aromatic carbocycles. The second kappa shape index (κ2) is 8.55. The highest BCUT2D eigenvalue weighted by molar-refractivity contribution is 5.89. The predicted molar refractivity (Wildman–Crippen MR) is 84.5 cm³/mol. The van der Waals surface area contributed by atoms with Crippen molar-refractivity contribution in [3.63, 3.8) is 0 Å². The Balaban J connectivity index is 0.00000242. The molecule has 6 nitrogen and oxygen atoms in total. The van der Waals surface area contributed by atoms with E-state index in [1.807, 2.05) is 0 Å². The maximum Gasteiger partial charge on any atom is 0.319 e. The Kier molecular flexibility index (Phi) is 7.07. The fourth-order valence-electron chi connectivity index (χ4n) is 2.27. The first-order valence-electron chi connectivity index (χ1n) is 6.89. The summed E-state index contributed by atoms with van der Waals surface area (Å²) >= 11 is 0. The second-order valence-electron chi connectivity index (χ2n) is 4.97. The van der Waals surface area contributed by atoms with Crippen LogP contribution in [0.2, 0.25) is 0 Å². The van der Waals surface area contributed by atoms with Gasteiger partial charge in [0.25, 0.3) is 0 Å². The number of halogens is 2. The number of nitrogens with one attached hydrogen (secondary N) is 2. The van der Waals surface area contributed by atoms with Gasteiger partial charge in [0.1, 0.15) is 5.82 Å². The fourth-order valence-corrected chi connectivity index (χ4v) is 2.27. The number of carbonyl (C=O) groups is 2. The average molecular weight is 331 g/mol. The van der Waals surface area contributed by atoms with Gasteiger partial charge in [-0.05, 0) is 30.7 Å². The molecule has 0 bridgehead atoms. The predicted octanol–water partition coefficient (Wildman–Crippen LogP) is 1.32. The number of urea groups is 1. The zero-order valence-electron chi connectivity index (χ0n) is 12.0. The van der Waals surface area contributed by atoms with Gasteiger partial charge in [-0.1, -0.05) is 0 Å². The van der Waals surface area contributed by atoms with Crippen LogP contribution in [0, 0.1) is 5.82 Å². The van der Waals surface area contributed by atoms with Gasteiger partial charge >= 0.3 is 6.03 Å². The number of rotatable bonds is 4. The van der Waals surface area contributed by atoms with E-state index in [9.17, 15) is 14.0 Å². The summed E-state index contributed by atoms with van der Waals surface area (Å²) in [6.45, 7) is 1.45. The summed E-state index contributed by atoms with van der Waals surface area (Å²) in [7, 11) is 0. The number of hydrogen-bond acceptors (Lipinski definition) is 3. The van der Waals surface area contributed by atoms with Crippen molar-refractivity contribution >= 4 is 30.0 Å². The summed E-state index contributed by atoms with van der Waals surface area (Å²) < 4.78 is 12.8. The summed E-state index contributed by atoms with van der Waals surface area (Å²) in [6.07, 6.45) is 1.04. The van der Waals surface area contributed by atoms with Gasteiger partial charge in [0.05, 0.1) is 0 Å². The van der Waals surface area contributed by atoms with Gasteiger partial charge in [-0.3, -0.25) is 4.79 Å². The van der Waals surface area contributed by atoms with Crippen LogP contribution in [0.25, 0.3) is 0 Å². The van der Waals surface area contributed by atoms with E-state index in [4.69, 9.17) is 5.73 Å². The first-order valence-corrected chi connectivity index (χ1v) is 6.89. The number of likely N-dealkylation sites (tertiary alicyclic amines) is 1. The largest absolute Gasteiger partial charge is 0.341 e. The molecule has 22 heavy (non-hydrogen) atoms. The van der Waals surface area contributed by atoms with E-state index in [0.29, 0.717) is 38.2 Å². The topological polar surface area (TPSA) is 87.5 Å². The highest BCUT2D eigenvalue weighted by Crippen LogP contribution is 2.12. The SMILES string of the molecule is Cl.NCCC(=O)N1CCC(NC(=O)Nc2ccc(F)cc2)C1. The quantitative estimate of drug-likeness (QED) is 0.778. The molecule has 8 heteroatoms. The van der Waals surface area contributed by atoms with Crippen LogP contribution in [0.5, 0.6) is 0 Å². The lowest BCUT2D eigenvalue weighted by molar-refractivity contribution is -0.129. The maximum atomic E-state index is 12.8. The third kappa shape index (κ3) is 5.16. The van der Waals surface area contributed by atoms with Gasteiger partial charge in [-0.15, -0.1) is 12.4 Å². The third-order valence-electron chi connectivity index (χ3n) is 3.34. The van der Waals surface area contributed by atoms with E-state index in [1.165, 1.54) is 24.3 Å². The van der Waals surface area contributed by atoms with Gasteiger partial charge in [-0.2, -0.15) is 0 Å². The van der Waals surface area contributed by atoms with Crippen LogP contribution in [0.15, 0.2) is 24.3 Å². The van der Waals surface area contributed by atoms with E-state index in [2.05, 4.69) is 10.6 Å². The maximum absolute atomic E-state index is 12.8. The van der Waals surface area contributed by atoms with Crippen LogP contribution in [0.4, 0.5) is 14.9 Å². The summed E-state index contributed by atoms with van der Waals surface area (Å²) in [4.78, 5) is 25.2. The van der Waals surface area contributed by atoms with E-state index in [0.717, 1.165) is 0 Å². The van der Waals surface area contributed by atoms with E-state index in [-0.39, 0.29) is 36.2 Å². The zero-order chi connectivity index (χ0) is 15.2. The molecule has 0 saturated carbocycles. The Morgan fingerprint density at radius 2 is 2.00 bits per heavy atom. The molecular weight excluding hydrogens is 311 g/mol. The molecule has 1 saturated heterocycles. The highest BCUT2D eigenvalue weighted by atomic mass is 35.5. The molecule has 4 N–H and O–H groups in total. The first-order chi connectivity index (χ1) is 10.1. The number of carbonyl (C=O) groups excluding carboxylic acids is 2. The van der Waals surface area contributed by atoms with Crippen LogP contribution in [-0.4, -0.2) is 42.5 Å². The van der Waals surface area contributed by atoms with Gasteiger partial charge in [0, 0.05) is 37.8 Å². The molecule has 0 aliphatic carbocycles. The molecule has 1 aliphatic heterocycles. The standard InChI is InChI=1S/C14H19FN4O2.ClH/c15-10-1-3-11(4-2-10)17-14(21)18-12-6-8-19(9-12)13(20)5-7-16;/h1-4,12H,5-9,16H2,(H2,17,18,21);1H. The van der Waals surface area contributed by atoms with Gasteiger partial charge in [-0.25, -0.2) is 9.18 Å². The molecule has 1 unspecified atom stereocenters. The van der Waals surface area contributed by atoms with E-state index < -0.39 is 0 Å². The molecule has 1 atom stereocenters. The molecule has 1 fully saturated rings. The number of nitrogens with zero attached hydrogens (tertiary/aromatic N) is 1. The summed E-state index contributed by atoms with van der Waals surface area (Å²) in [5.41, 5.74) is 5.87. The Morgan fingerprint density at radius 1 is 1.32 bits per heavy atom. The molecule has 1 aliphatic rings. The lowest BCUT2D eigenvalue weighted by atomic mass is 10.2. The summed E-state index contributed by atoms with van der Waals surface area (Å²) in [6, 6.07) is 5.09. The molecule has 0 radical (unpaired) electrons. The first kappa shape index (κ1) is 18.2. The number of anilines is 1. The lowest BCUT2D eigenvalue weighted by Crippen LogP contribution is -2.40. The number of amides is 3. The van der Waals surface area contributed by atoms with Crippen molar-refractivity contribution in [3.05, 3.63) is 30.1 Å². The molecule has 2 rings (SSSR count). The number of hydrogen-bond donors (Lipinski definition) is 3. The molecule has 0 spiro atoms. The van der Waals surface area contributed by atoms with Crippen molar-refractivity contribution in [2.45, 2.75) is 18.9 Å². The molecule has 1 aromatic rings. The van der Waals surface area contributed by atoms with Crippen molar-refractivity contribution in [3.8, 4) is 0 Å². The Morgan fingerprint density at radius 3 is 2.64 bits per heavy atom. The number of nitrogens with two attached hydrogens (primary N) is 1. The van der Waals surface area contributed by atoms with Crippen molar-refractivity contribution < 1.29 is 14.0 Å². The Bertz CT molecular complexity index is 512. The van der Waals surface area contributed by atoms with Crippen LogP contribution >= 0.6 is 12.4 Å². The minimum absolute atomic E-state index is 0. The van der Waals surface area contributed by atoms with Crippen LogP contribution in [0.1, 0.15) is 12.8 Å². The zero-order valence-corrected chi connectivity index (χ0v) is 12.9. The normalized spacial score (nSPS) is 16.8. The van der Waals surface area contributed by atoms with Crippen molar-refractivity contribution in [1.29, 1.82) is 0 Å². The minimum Gasteiger partial charge on any atom is -0.341 e. The number of benzene rings is 1. The van der Waals surface area contributed by atoms with E-state index in [1.54, 1.807) is 4.90 Å². The Labute approximate surface area is 134 Å². The second-order valence-corrected chi connectivity index (χ2v) is 4.97. The van der Waals surface area contributed by atoms with E-state index >= 15 is 0 Å². The minimum atomic E-state index is -0.361. The monoisotopic (exact) mass is 330 g/mol.